The van der Waals surface area contributed by atoms with Crippen molar-refractivity contribution in [1.29, 1.82) is 5.26 Å². The molecule has 0 bridgehead atoms. The number of nitriles is 1. The van der Waals surface area contributed by atoms with E-state index in [0.29, 0.717) is 12.1 Å². The van der Waals surface area contributed by atoms with Gasteiger partial charge in [-0.05, 0) is 31.6 Å². The number of hydrogen-bond donors (Lipinski definition) is 0. The first kappa shape index (κ1) is 11.9. The molecule has 1 aliphatic heterocycles. The molecule has 4 atom stereocenters. The van der Waals surface area contributed by atoms with Crippen LogP contribution in [0.15, 0.2) is 0 Å². The van der Waals surface area contributed by atoms with Gasteiger partial charge >= 0.3 is 0 Å². The normalized spacial score (nSPS) is 40.8. The van der Waals surface area contributed by atoms with Gasteiger partial charge in [0.2, 0.25) is 0 Å². The largest absolute Gasteiger partial charge is 0.380 e. The third kappa shape index (κ3) is 2.39. The standard InChI is InChI=1S/C13H22N2O/c1-10-3-4-11(8-14)13(7-10)15-6-5-12(9-15)16-2/h10-13H,3-7,9H2,1-2H3. The molecule has 1 saturated carbocycles. The molecular weight excluding hydrogens is 200 g/mol. The van der Waals surface area contributed by atoms with Crippen LogP contribution in [-0.4, -0.2) is 37.2 Å². The Morgan fingerprint density at radius 3 is 2.75 bits per heavy atom. The summed E-state index contributed by atoms with van der Waals surface area (Å²) < 4.78 is 5.40. The lowest BCUT2D eigenvalue weighted by molar-refractivity contribution is 0.0809. The Labute approximate surface area is 98.4 Å². The zero-order valence-electron chi connectivity index (χ0n) is 10.4. The lowest BCUT2D eigenvalue weighted by Gasteiger charge is -2.37. The fourth-order valence-electron chi connectivity index (χ4n) is 3.15. The molecule has 16 heavy (non-hydrogen) atoms. The van der Waals surface area contributed by atoms with E-state index in [-0.39, 0.29) is 5.92 Å². The molecule has 2 aliphatic rings. The smallest absolute Gasteiger partial charge is 0.0710 e. The van der Waals surface area contributed by atoms with Gasteiger partial charge in [-0.2, -0.15) is 5.26 Å². The number of methoxy groups -OCH3 is 1. The Bertz CT molecular complexity index is 274. The second kappa shape index (κ2) is 5.16. The average molecular weight is 222 g/mol. The zero-order chi connectivity index (χ0) is 11.5. The van der Waals surface area contributed by atoms with Gasteiger partial charge in [-0.25, -0.2) is 0 Å². The maximum Gasteiger partial charge on any atom is 0.0710 e. The van der Waals surface area contributed by atoms with Crippen LogP contribution in [0, 0.1) is 23.2 Å². The predicted octanol–water partition coefficient (Wildman–Crippen LogP) is 2.04. The van der Waals surface area contributed by atoms with Gasteiger partial charge in [0, 0.05) is 26.2 Å². The van der Waals surface area contributed by atoms with E-state index in [1.165, 1.54) is 12.8 Å². The molecule has 2 rings (SSSR count). The molecule has 0 radical (unpaired) electrons. The highest BCUT2D eigenvalue weighted by atomic mass is 16.5. The van der Waals surface area contributed by atoms with E-state index in [0.717, 1.165) is 31.8 Å². The number of hydrogen-bond acceptors (Lipinski definition) is 3. The molecule has 2 fully saturated rings. The Morgan fingerprint density at radius 2 is 2.12 bits per heavy atom. The van der Waals surface area contributed by atoms with Crippen molar-refractivity contribution in [1.82, 2.24) is 4.90 Å². The Hall–Kier alpha value is -0.590. The van der Waals surface area contributed by atoms with Gasteiger partial charge in [-0.3, -0.25) is 4.90 Å². The zero-order valence-corrected chi connectivity index (χ0v) is 10.4. The highest BCUT2D eigenvalue weighted by molar-refractivity contribution is 4.98. The molecule has 1 aliphatic carbocycles. The number of ether oxygens (including phenoxy) is 1. The molecule has 1 saturated heterocycles. The van der Waals surface area contributed by atoms with Gasteiger partial charge in [0.1, 0.15) is 0 Å². The van der Waals surface area contributed by atoms with Crippen molar-refractivity contribution in [3.8, 4) is 6.07 Å². The molecule has 0 amide bonds. The minimum Gasteiger partial charge on any atom is -0.380 e. The molecular formula is C13H22N2O. The van der Waals surface area contributed by atoms with Crippen LogP contribution in [0.5, 0.6) is 0 Å². The summed E-state index contributed by atoms with van der Waals surface area (Å²) in [6.07, 6.45) is 5.00. The van der Waals surface area contributed by atoms with Gasteiger partial charge in [0.05, 0.1) is 18.1 Å². The van der Waals surface area contributed by atoms with Gasteiger partial charge in [0.15, 0.2) is 0 Å². The maximum atomic E-state index is 9.22. The Balaban J connectivity index is 1.98. The summed E-state index contributed by atoms with van der Waals surface area (Å²) in [4.78, 5) is 2.48. The Kier molecular flexibility index (Phi) is 3.83. The van der Waals surface area contributed by atoms with E-state index in [9.17, 15) is 5.26 Å². The highest BCUT2D eigenvalue weighted by Crippen LogP contribution is 2.33. The van der Waals surface area contributed by atoms with Gasteiger partial charge in [0.25, 0.3) is 0 Å². The second-order valence-electron chi connectivity index (χ2n) is 5.36. The Morgan fingerprint density at radius 1 is 1.31 bits per heavy atom. The summed E-state index contributed by atoms with van der Waals surface area (Å²) in [5, 5.41) is 9.22. The lowest BCUT2D eigenvalue weighted by Crippen LogP contribution is -2.43. The quantitative estimate of drug-likeness (QED) is 0.717. The summed E-state index contributed by atoms with van der Waals surface area (Å²) in [6, 6.07) is 2.98. The van der Waals surface area contributed by atoms with Crippen molar-refractivity contribution < 1.29 is 4.74 Å². The summed E-state index contributed by atoms with van der Waals surface area (Å²) in [7, 11) is 1.79. The molecule has 0 aromatic heterocycles. The fraction of sp³-hybridized carbons (Fsp3) is 0.923. The van der Waals surface area contributed by atoms with Gasteiger partial charge in [-0.15, -0.1) is 0 Å². The first-order chi connectivity index (χ1) is 7.74. The third-order valence-electron chi connectivity index (χ3n) is 4.22. The third-order valence-corrected chi connectivity index (χ3v) is 4.22. The van der Waals surface area contributed by atoms with Crippen molar-refractivity contribution in [2.45, 2.75) is 44.8 Å². The topological polar surface area (TPSA) is 36.3 Å². The van der Waals surface area contributed by atoms with Gasteiger partial charge < -0.3 is 4.74 Å². The van der Waals surface area contributed by atoms with Crippen LogP contribution >= 0.6 is 0 Å². The van der Waals surface area contributed by atoms with Crippen molar-refractivity contribution >= 4 is 0 Å². The minimum atomic E-state index is 0.242. The molecule has 90 valence electrons. The van der Waals surface area contributed by atoms with Gasteiger partial charge in [-0.1, -0.05) is 6.92 Å². The van der Waals surface area contributed by atoms with Crippen LogP contribution in [0.1, 0.15) is 32.6 Å². The summed E-state index contributed by atoms with van der Waals surface area (Å²) in [5.41, 5.74) is 0. The molecule has 0 N–H and O–H groups in total. The minimum absolute atomic E-state index is 0.242. The number of likely N-dealkylation sites (tertiary alicyclic amines) is 1. The monoisotopic (exact) mass is 222 g/mol. The van der Waals surface area contributed by atoms with Crippen molar-refractivity contribution in [3.05, 3.63) is 0 Å². The summed E-state index contributed by atoms with van der Waals surface area (Å²) in [6.45, 7) is 4.44. The molecule has 3 nitrogen and oxygen atoms in total. The van der Waals surface area contributed by atoms with Crippen molar-refractivity contribution in [2.75, 3.05) is 20.2 Å². The van der Waals surface area contributed by atoms with E-state index < -0.39 is 0 Å². The van der Waals surface area contributed by atoms with E-state index in [1.54, 1.807) is 7.11 Å². The van der Waals surface area contributed by atoms with E-state index in [1.807, 2.05) is 0 Å². The summed E-state index contributed by atoms with van der Waals surface area (Å²) >= 11 is 0. The molecule has 0 aromatic carbocycles. The van der Waals surface area contributed by atoms with E-state index in [2.05, 4.69) is 17.9 Å². The number of nitrogens with zero attached hydrogens (tertiary/aromatic N) is 2. The second-order valence-corrected chi connectivity index (χ2v) is 5.36. The first-order valence-corrected chi connectivity index (χ1v) is 6.41. The van der Waals surface area contributed by atoms with Crippen LogP contribution in [0.4, 0.5) is 0 Å². The average Bonchev–Trinajstić information content (AvgIpc) is 2.77. The fourth-order valence-corrected chi connectivity index (χ4v) is 3.15. The van der Waals surface area contributed by atoms with E-state index in [4.69, 9.17) is 4.74 Å². The first-order valence-electron chi connectivity index (χ1n) is 6.41. The molecule has 0 aromatic rings. The predicted molar refractivity (Wildman–Crippen MR) is 62.9 cm³/mol. The molecule has 0 spiro atoms. The molecule has 3 heteroatoms. The van der Waals surface area contributed by atoms with Crippen molar-refractivity contribution in [2.24, 2.45) is 11.8 Å². The molecule has 1 heterocycles. The number of rotatable bonds is 2. The van der Waals surface area contributed by atoms with Crippen LogP contribution in [0.25, 0.3) is 0 Å². The van der Waals surface area contributed by atoms with E-state index >= 15 is 0 Å². The maximum absolute atomic E-state index is 9.22. The van der Waals surface area contributed by atoms with Crippen molar-refractivity contribution in [3.63, 3.8) is 0 Å². The van der Waals surface area contributed by atoms with Crippen LogP contribution in [0.2, 0.25) is 0 Å². The SMILES string of the molecule is COC1CCN(C2CC(C)CCC2C#N)C1. The highest BCUT2D eigenvalue weighted by Gasteiger charge is 2.36. The van der Waals surface area contributed by atoms with Crippen LogP contribution < -0.4 is 0 Å². The van der Waals surface area contributed by atoms with Crippen LogP contribution in [0.3, 0.4) is 0 Å². The molecule has 4 unspecified atom stereocenters. The lowest BCUT2D eigenvalue weighted by atomic mass is 9.79. The summed E-state index contributed by atoms with van der Waals surface area (Å²) in [5.74, 6) is 1.02. The van der Waals surface area contributed by atoms with Crippen LogP contribution in [-0.2, 0) is 4.74 Å².